The number of halogens is 1. The molecule has 0 bridgehead atoms. The van der Waals surface area contributed by atoms with Crippen LogP contribution in [0.1, 0.15) is 0 Å². The lowest BCUT2D eigenvalue weighted by Gasteiger charge is -2.06. The predicted octanol–water partition coefficient (Wildman–Crippen LogP) is 2.45. The molecule has 0 saturated heterocycles. The number of rotatable bonds is 2. The third-order valence-corrected chi connectivity index (χ3v) is 2.18. The molecule has 0 saturated carbocycles. The number of nitrogens with zero attached hydrogens (tertiary/aromatic N) is 1. The Bertz CT molecular complexity index is 160. The molecular formula is C6H12ClNOSi. The Morgan fingerprint density at radius 2 is 2.00 bits per heavy atom. The van der Waals surface area contributed by atoms with Crippen molar-refractivity contribution in [1.82, 2.24) is 0 Å². The van der Waals surface area contributed by atoms with Crippen molar-refractivity contribution in [3.8, 4) is 0 Å². The standard InChI is InChI=1S/C6H12ClNOSi/c1-10(2,3)5-4-6(7)8-9/h4-5,9H,1-3H3/b5-4+,8-6+. The van der Waals surface area contributed by atoms with Crippen LogP contribution in [0.15, 0.2) is 16.9 Å². The number of hydrogen-bond acceptors (Lipinski definition) is 2. The quantitative estimate of drug-likeness (QED) is 0.299. The summed E-state index contributed by atoms with van der Waals surface area (Å²) in [6.45, 7) is 6.52. The van der Waals surface area contributed by atoms with E-state index in [1.807, 2.05) is 5.70 Å². The highest BCUT2D eigenvalue weighted by Gasteiger charge is 2.06. The van der Waals surface area contributed by atoms with Gasteiger partial charge in [0.15, 0.2) is 5.17 Å². The van der Waals surface area contributed by atoms with Gasteiger partial charge in [-0.15, -0.1) is 0 Å². The highest BCUT2D eigenvalue weighted by molar-refractivity contribution is 6.82. The van der Waals surface area contributed by atoms with Crippen molar-refractivity contribution in [1.29, 1.82) is 0 Å². The fourth-order valence-corrected chi connectivity index (χ4v) is 1.18. The monoisotopic (exact) mass is 177 g/mol. The molecule has 0 fully saturated rings. The van der Waals surface area contributed by atoms with Crippen molar-refractivity contribution in [2.24, 2.45) is 5.16 Å². The minimum absolute atomic E-state index is 0.141. The van der Waals surface area contributed by atoms with Crippen LogP contribution in [0.2, 0.25) is 19.6 Å². The summed E-state index contributed by atoms with van der Waals surface area (Å²) in [5.41, 5.74) is 2.01. The summed E-state index contributed by atoms with van der Waals surface area (Å²) in [6, 6.07) is 0. The van der Waals surface area contributed by atoms with Crippen LogP contribution in [0.5, 0.6) is 0 Å². The summed E-state index contributed by atoms with van der Waals surface area (Å²) >= 11 is 5.41. The molecule has 0 atom stereocenters. The first-order valence-corrected chi connectivity index (χ1v) is 6.98. The van der Waals surface area contributed by atoms with Crippen LogP contribution >= 0.6 is 11.6 Å². The van der Waals surface area contributed by atoms with Crippen LogP contribution in [-0.4, -0.2) is 18.5 Å². The molecule has 1 N–H and O–H groups in total. The number of allylic oxidation sites excluding steroid dienone is 1. The minimum atomic E-state index is -1.19. The smallest absolute Gasteiger partial charge is 0.167 e. The molecule has 0 aliphatic rings. The molecule has 0 aromatic carbocycles. The number of hydrogen-bond donors (Lipinski definition) is 1. The van der Waals surface area contributed by atoms with Crippen molar-refractivity contribution < 1.29 is 5.21 Å². The van der Waals surface area contributed by atoms with Crippen molar-refractivity contribution in [3.63, 3.8) is 0 Å². The van der Waals surface area contributed by atoms with E-state index in [0.29, 0.717) is 0 Å². The van der Waals surface area contributed by atoms with Gasteiger partial charge in [-0.1, -0.05) is 42.1 Å². The predicted molar refractivity (Wildman–Crippen MR) is 47.6 cm³/mol. The largest absolute Gasteiger partial charge is 0.410 e. The third kappa shape index (κ3) is 5.85. The molecule has 0 aromatic heterocycles. The number of oxime groups is 1. The second-order valence-corrected chi connectivity index (χ2v) is 8.57. The molecule has 0 aliphatic carbocycles. The van der Waals surface area contributed by atoms with Gasteiger partial charge in [-0.25, -0.2) is 0 Å². The van der Waals surface area contributed by atoms with E-state index in [2.05, 4.69) is 24.8 Å². The average Bonchev–Trinajstić information content (AvgIpc) is 1.81. The van der Waals surface area contributed by atoms with E-state index in [9.17, 15) is 0 Å². The first kappa shape index (κ1) is 9.72. The first-order valence-electron chi connectivity index (χ1n) is 3.02. The first-order chi connectivity index (χ1) is 4.45. The van der Waals surface area contributed by atoms with Gasteiger partial charge in [0.25, 0.3) is 0 Å². The zero-order valence-electron chi connectivity index (χ0n) is 6.43. The maximum Gasteiger partial charge on any atom is 0.167 e. The molecule has 0 radical (unpaired) electrons. The fraction of sp³-hybridized carbons (Fsp3) is 0.500. The van der Waals surface area contributed by atoms with Crippen LogP contribution < -0.4 is 0 Å². The zero-order chi connectivity index (χ0) is 8.20. The Kier molecular flexibility index (Phi) is 3.67. The second-order valence-electron chi connectivity index (χ2n) is 3.12. The molecule has 0 unspecified atom stereocenters. The van der Waals surface area contributed by atoms with Crippen LogP contribution in [0, 0.1) is 0 Å². The van der Waals surface area contributed by atoms with E-state index in [1.54, 1.807) is 6.08 Å². The van der Waals surface area contributed by atoms with E-state index in [1.165, 1.54) is 0 Å². The Morgan fingerprint density at radius 1 is 1.50 bits per heavy atom. The molecule has 4 heteroatoms. The van der Waals surface area contributed by atoms with Crippen LogP contribution in [0.25, 0.3) is 0 Å². The summed E-state index contributed by atoms with van der Waals surface area (Å²) in [7, 11) is -1.19. The summed E-state index contributed by atoms with van der Waals surface area (Å²) in [4.78, 5) is 0. The van der Waals surface area contributed by atoms with Crippen LogP contribution in [0.4, 0.5) is 0 Å². The van der Waals surface area contributed by atoms with Gasteiger partial charge in [-0.3, -0.25) is 0 Å². The maximum absolute atomic E-state index is 8.15. The Hall–Kier alpha value is -0.283. The Labute approximate surface area is 67.2 Å². The van der Waals surface area contributed by atoms with Crippen LogP contribution in [0.3, 0.4) is 0 Å². The fourth-order valence-electron chi connectivity index (χ4n) is 0.352. The lowest BCUT2D eigenvalue weighted by atomic mass is 10.7. The molecule has 0 aliphatic heterocycles. The van der Waals surface area contributed by atoms with Gasteiger partial charge >= 0.3 is 0 Å². The van der Waals surface area contributed by atoms with Crippen molar-refractivity contribution in [3.05, 3.63) is 11.8 Å². The lowest BCUT2D eigenvalue weighted by Crippen LogP contribution is -2.15. The summed E-state index contributed by atoms with van der Waals surface area (Å²) < 4.78 is 0. The van der Waals surface area contributed by atoms with Crippen molar-refractivity contribution >= 4 is 24.8 Å². The van der Waals surface area contributed by atoms with E-state index in [4.69, 9.17) is 16.8 Å². The summed E-state index contributed by atoms with van der Waals surface area (Å²) in [5, 5.41) is 11.1. The van der Waals surface area contributed by atoms with E-state index in [-0.39, 0.29) is 5.17 Å². The molecule has 10 heavy (non-hydrogen) atoms. The molecule has 0 amide bonds. The van der Waals surface area contributed by atoms with Crippen molar-refractivity contribution in [2.75, 3.05) is 0 Å². The van der Waals surface area contributed by atoms with Crippen molar-refractivity contribution in [2.45, 2.75) is 19.6 Å². The Balaban J connectivity index is 4.01. The van der Waals surface area contributed by atoms with Gasteiger partial charge in [0.05, 0.1) is 8.07 Å². The van der Waals surface area contributed by atoms with Gasteiger partial charge < -0.3 is 5.21 Å². The summed E-state index contributed by atoms with van der Waals surface area (Å²) in [6.07, 6.45) is 1.63. The highest BCUT2D eigenvalue weighted by Crippen LogP contribution is 2.02. The zero-order valence-corrected chi connectivity index (χ0v) is 8.18. The molecular weight excluding hydrogens is 166 g/mol. The van der Waals surface area contributed by atoms with Gasteiger partial charge in [0.1, 0.15) is 0 Å². The van der Waals surface area contributed by atoms with E-state index >= 15 is 0 Å². The average molecular weight is 178 g/mol. The highest BCUT2D eigenvalue weighted by atomic mass is 35.5. The lowest BCUT2D eigenvalue weighted by molar-refractivity contribution is 0.321. The normalized spacial score (nSPS) is 14.6. The van der Waals surface area contributed by atoms with Gasteiger partial charge in [0, 0.05) is 0 Å². The van der Waals surface area contributed by atoms with Gasteiger partial charge in [-0.05, 0) is 6.08 Å². The van der Waals surface area contributed by atoms with Crippen LogP contribution in [-0.2, 0) is 0 Å². The van der Waals surface area contributed by atoms with Gasteiger partial charge in [0.2, 0.25) is 0 Å². The molecule has 0 spiro atoms. The molecule has 0 rings (SSSR count). The SMILES string of the molecule is C[Si](C)(C)/C=C/C(Cl)=N\O. The topological polar surface area (TPSA) is 32.6 Å². The Morgan fingerprint density at radius 3 is 2.30 bits per heavy atom. The van der Waals surface area contributed by atoms with E-state index < -0.39 is 8.07 Å². The molecule has 58 valence electrons. The van der Waals surface area contributed by atoms with Gasteiger partial charge in [-0.2, -0.15) is 0 Å². The van der Waals surface area contributed by atoms with E-state index in [0.717, 1.165) is 0 Å². The second kappa shape index (κ2) is 3.78. The summed E-state index contributed by atoms with van der Waals surface area (Å²) in [5.74, 6) is 0. The molecule has 0 aromatic rings. The minimum Gasteiger partial charge on any atom is -0.410 e. The molecule has 0 heterocycles. The molecule has 2 nitrogen and oxygen atoms in total. The third-order valence-electron chi connectivity index (χ3n) is 0.816. The maximum atomic E-state index is 8.15.